The highest BCUT2D eigenvalue weighted by Gasteiger charge is 2.25. The number of carbonyl (C=O) groups is 1. The summed E-state index contributed by atoms with van der Waals surface area (Å²) in [7, 11) is 1.91. The third kappa shape index (κ3) is 4.42. The molecule has 134 valence electrons. The first kappa shape index (κ1) is 17.5. The molecule has 25 heavy (non-hydrogen) atoms. The fourth-order valence-corrected chi connectivity index (χ4v) is 3.03. The van der Waals surface area contributed by atoms with Crippen molar-refractivity contribution in [2.75, 3.05) is 20.1 Å². The van der Waals surface area contributed by atoms with Crippen LogP contribution in [-0.4, -0.2) is 57.0 Å². The number of amides is 1. The lowest BCUT2D eigenvalue weighted by Gasteiger charge is -2.29. The van der Waals surface area contributed by atoms with Gasteiger partial charge < -0.3 is 9.42 Å². The predicted octanol–water partition coefficient (Wildman–Crippen LogP) is 2.35. The summed E-state index contributed by atoms with van der Waals surface area (Å²) in [5.74, 6) is 1.19. The fraction of sp³-hybridized carbons (Fsp3) is 0.556. The zero-order valence-electron chi connectivity index (χ0n) is 14.9. The summed E-state index contributed by atoms with van der Waals surface area (Å²) >= 11 is 0. The van der Waals surface area contributed by atoms with Crippen LogP contribution in [0.2, 0.25) is 0 Å². The predicted molar refractivity (Wildman–Crippen MR) is 93.5 cm³/mol. The average molecular weight is 343 g/mol. The summed E-state index contributed by atoms with van der Waals surface area (Å²) in [6.07, 6.45) is 8.03. The number of hydrogen-bond acceptors (Lipinski definition) is 6. The molecule has 0 bridgehead atoms. The first-order valence-electron chi connectivity index (χ1n) is 8.87. The minimum atomic E-state index is -0.216. The van der Waals surface area contributed by atoms with E-state index in [9.17, 15) is 4.79 Å². The van der Waals surface area contributed by atoms with Crippen LogP contribution in [0.3, 0.4) is 0 Å². The van der Waals surface area contributed by atoms with E-state index in [0.717, 1.165) is 31.5 Å². The Balaban J connectivity index is 1.60. The van der Waals surface area contributed by atoms with Gasteiger partial charge in [-0.1, -0.05) is 18.0 Å². The maximum absolute atomic E-state index is 12.7. The quantitative estimate of drug-likeness (QED) is 0.829. The maximum Gasteiger partial charge on any atom is 0.241 e. The molecule has 7 nitrogen and oxygen atoms in total. The van der Waals surface area contributed by atoms with Crippen LogP contribution in [0, 0.1) is 0 Å². The first-order valence-corrected chi connectivity index (χ1v) is 8.87. The van der Waals surface area contributed by atoms with Crippen molar-refractivity contribution >= 4 is 5.91 Å². The van der Waals surface area contributed by atoms with E-state index >= 15 is 0 Å². The standard InChI is InChI=1S/C18H25N5O2/c1-14(18(24)23-10-5-3-4-6-11-23)22(2)13-16-20-17(21-25-16)15-8-7-9-19-12-15/h7-9,12,14H,3-6,10-11,13H2,1-2H3. The van der Waals surface area contributed by atoms with Gasteiger partial charge in [-0.3, -0.25) is 14.7 Å². The van der Waals surface area contributed by atoms with Gasteiger partial charge in [0.2, 0.25) is 17.6 Å². The highest BCUT2D eigenvalue weighted by atomic mass is 16.5. The second kappa shape index (κ2) is 8.20. The SMILES string of the molecule is CC(C(=O)N1CCCCCC1)N(C)Cc1nc(-c2cccnc2)no1. The van der Waals surface area contributed by atoms with Gasteiger partial charge in [-0.2, -0.15) is 4.98 Å². The van der Waals surface area contributed by atoms with Crippen molar-refractivity contribution in [2.24, 2.45) is 0 Å². The average Bonchev–Trinajstić information content (AvgIpc) is 2.93. The monoisotopic (exact) mass is 343 g/mol. The zero-order valence-corrected chi connectivity index (χ0v) is 14.9. The molecule has 0 aromatic carbocycles. The number of hydrogen-bond donors (Lipinski definition) is 0. The van der Waals surface area contributed by atoms with E-state index in [-0.39, 0.29) is 11.9 Å². The van der Waals surface area contributed by atoms with E-state index in [1.165, 1.54) is 12.8 Å². The molecule has 7 heteroatoms. The smallest absolute Gasteiger partial charge is 0.241 e. The Bertz CT molecular complexity index is 680. The van der Waals surface area contributed by atoms with Gasteiger partial charge in [-0.05, 0) is 38.9 Å². The molecule has 1 fully saturated rings. The lowest BCUT2D eigenvalue weighted by atomic mass is 10.2. The van der Waals surface area contributed by atoms with Crippen LogP contribution in [0.25, 0.3) is 11.4 Å². The van der Waals surface area contributed by atoms with Crippen LogP contribution in [0.1, 0.15) is 38.5 Å². The topological polar surface area (TPSA) is 75.4 Å². The number of rotatable bonds is 5. The highest BCUT2D eigenvalue weighted by molar-refractivity contribution is 5.81. The van der Waals surface area contributed by atoms with Gasteiger partial charge >= 0.3 is 0 Å². The van der Waals surface area contributed by atoms with E-state index in [2.05, 4.69) is 15.1 Å². The van der Waals surface area contributed by atoms with Gasteiger partial charge in [0.1, 0.15) is 0 Å². The Morgan fingerprint density at radius 2 is 2.08 bits per heavy atom. The molecule has 0 aliphatic carbocycles. The van der Waals surface area contributed by atoms with Crippen molar-refractivity contribution in [1.29, 1.82) is 0 Å². The van der Waals surface area contributed by atoms with Gasteiger partial charge in [0.25, 0.3) is 0 Å². The molecule has 0 saturated carbocycles. The summed E-state index contributed by atoms with van der Waals surface area (Å²) < 4.78 is 5.33. The molecular weight excluding hydrogens is 318 g/mol. The number of carbonyl (C=O) groups excluding carboxylic acids is 1. The second-order valence-corrected chi connectivity index (χ2v) is 6.58. The minimum Gasteiger partial charge on any atom is -0.341 e. The molecule has 0 spiro atoms. The Hall–Kier alpha value is -2.28. The van der Waals surface area contributed by atoms with Crippen LogP contribution >= 0.6 is 0 Å². The van der Waals surface area contributed by atoms with Gasteiger partial charge in [-0.15, -0.1) is 0 Å². The molecule has 1 unspecified atom stereocenters. The Labute approximate surface area is 148 Å². The van der Waals surface area contributed by atoms with E-state index < -0.39 is 0 Å². The lowest BCUT2D eigenvalue weighted by Crippen LogP contribution is -2.45. The normalized spacial score (nSPS) is 16.7. The number of nitrogens with zero attached hydrogens (tertiary/aromatic N) is 5. The van der Waals surface area contributed by atoms with Crippen LogP contribution in [0.5, 0.6) is 0 Å². The van der Waals surface area contributed by atoms with Crippen LogP contribution < -0.4 is 0 Å². The molecule has 1 atom stereocenters. The molecule has 1 amide bonds. The summed E-state index contributed by atoms with van der Waals surface area (Å²) in [4.78, 5) is 25.1. The number of pyridine rings is 1. The van der Waals surface area contributed by atoms with Gasteiger partial charge in [0, 0.05) is 31.0 Å². The molecule has 2 aromatic heterocycles. The number of likely N-dealkylation sites (tertiary alicyclic amines) is 1. The van der Waals surface area contributed by atoms with E-state index in [1.807, 2.05) is 35.9 Å². The molecule has 0 radical (unpaired) electrons. The third-order valence-electron chi connectivity index (χ3n) is 4.71. The van der Waals surface area contributed by atoms with E-state index in [0.29, 0.717) is 18.3 Å². The summed E-state index contributed by atoms with van der Waals surface area (Å²) in [6.45, 7) is 4.10. The van der Waals surface area contributed by atoms with Gasteiger partial charge in [-0.25, -0.2) is 0 Å². The molecule has 1 aliphatic rings. The first-order chi connectivity index (χ1) is 12.1. The minimum absolute atomic E-state index is 0.177. The van der Waals surface area contributed by atoms with Crippen molar-refractivity contribution in [3.63, 3.8) is 0 Å². The van der Waals surface area contributed by atoms with Crippen molar-refractivity contribution in [3.05, 3.63) is 30.4 Å². The largest absolute Gasteiger partial charge is 0.341 e. The van der Waals surface area contributed by atoms with Crippen molar-refractivity contribution < 1.29 is 9.32 Å². The second-order valence-electron chi connectivity index (χ2n) is 6.58. The van der Waals surface area contributed by atoms with Gasteiger partial charge in [0.15, 0.2) is 0 Å². The van der Waals surface area contributed by atoms with Crippen LogP contribution in [0.15, 0.2) is 29.0 Å². The fourth-order valence-electron chi connectivity index (χ4n) is 3.03. The summed E-state index contributed by atoms with van der Waals surface area (Å²) in [5.41, 5.74) is 0.814. The van der Waals surface area contributed by atoms with Crippen LogP contribution in [0.4, 0.5) is 0 Å². The molecule has 3 heterocycles. The number of likely N-dealkylation sites (N-methyl/N-ethyl adjacent to an activating group) is 1. The Kier molecular flexibility index (Phi) is 5.75. The molecule has 0 N–H and O–H groups in total. The Morgan fingerprint density at radius 1 is 1.32 bits per heavy atom. The zero-order chi connectivity index (χ0) is 17.6. The lowest BCUT2D eigenvalue weighted by molar-refractivity contribution is -0.136. The highest BCUT2D eigenvalue weighted by Crippen LogP contribution is 2.16. The third-order valence-corrected chi connectivity index (χ3v) is 4.71. The van der Waals surface area contributed by atoms with Crippen LogP contribution in [-0.2, 0) is 11.3 Å². The van der Waals surface area contributed by atoms with Crippen molar-refractivity contribution in [3.8, 4) is 11.4 Å². The Morgan fingerprint density at radius 3 is 2.76 bits per heavy atom. The number of aromatic nitrogens is 3. The van der Waals surface area contributed by atoms with Crippen molar-refractivity contribution in [1.82, 2.24) is 24.9 Å². The molecule has 3 rings (SSSR count). The van der Waals surface area contributed by atoms with Gasteiger partial charge in [0.05, 0.1) is 12.6 Å². The summed E-state index contributed by atoms with van der Waals surface area (Å²) in [6, 6.07) is 3.50. The molecule has 2 aromatic rings. The molecule has 1 saturated heterocycles. The van der Waals surface area contributed by atoms with Crippen molar-refractivity contribution in [2.45, 2.75) is 45.2 Å². The molecular formula is C18H25N5O2. The maximum atomic E-state index is 12.7. The van der Waals surface area contributed by atoms with E-state index in [4.69, 9.17) is 4.52 Å². The summed E-state index contributed by atoms with van der Waals surface area (Å²) in [5, 5.41) is 4.00. The van der Waals surface area contributed by atoms with E-state index in [1.54, 1.807) is 12.4 Å². The molecule has 1 aliphatic heterocycles.